The predicted molar refractivity (Wildman–Crippen MR) is 100 cm³/mol. The normalized spacial score (nSPS) is 21.1. The van der Waals surface area contributed by atoms with E-state index in [1.54, 1.807) is 12.1 Å². The fourth-order valence-electron chi connectivity index (χ4n) is 3.58. The molecule has 0 bridgehead atoms. The number of thioether (sulfide) groups is 1. The van der Waals surface area contributed by atoms with Crippen LogP contribution in [-0.2, 0) is 4.79 Å². The number of hydrogen-bond acceptors (Lipinski definition) is 4. The number of hydrogen-bond donors (Lipinski definition) is 1. The van der Waals surface area contributed by atoms with Gasteiger partial charge in [-0.15, -0.1) is 0 Å². The number of aliphatic carboxylic acids is 1. The number of carboxylic acid groups (broad SMARTS) is 1. The van der Waals surface area contributed by atoms with E-state index in [0.29, 0.717) is 17.0 Å². The third kappa shape index (κ3) is 4.36. The summed E-state index contributed by atoms with van der Waals surface area (Å²) in [5, 5.41) is 9.74. The van der Waals surface area contributed by atoms with E-state index in [0.717, 1.165) is 50.5 Å². The molecule has 0 saturated carbocycles. The zero-order valence-electron chi connectivity index (χ0n) is 14.7. The van der Waals surface area contributed by atoms with Crippen molar-refractivity contribution >= 4 is 23.6 Å². The van der Waals surface area contributed by atoms with E-state index in [4.69, 9.17) is 0 Å². The largest absolute Gasteiger partial charge is 0.480 e. The number of benzene rings is 1. The third-order valence-electron chi connectivity index (χ3n) is 5.16. The summed E-state index contributed by atoms with van der Waals surface area (Å²) in [6.45, 7) is 5.33. The van der Waals surface area contributed by atoms with Crippen molar-refractivity contribution in [2.24, 2.45) is 5.92 Å². The van der Waals surface area contributed by atoms with Gasteiger partial charge in [-0.25, -0.2) is 0 Å². The van der Waals surface area contributed by atoms with Crippen LogP contribution < -0.4 is 0 Å². The lowest BCUT2D eigenvalue weighted by molar-refractivity contribution is -0.143. The summed E-state index contributed by atoms with van der Waals surface area (Å²) in [7, 11) is 0. The van der Waals surface area contributed by atoms with Gasteiger partial charge in [0.25, 0.3) is 5.91 Å². The van der Waals surface area contributed by atoms with Crippen LogP contribution in [0.2, 0.25) is 0 Å². The summed E-state index contributed by atoms with van der Waals surface area (Å²) in [4.78, 5) is 28.6. The highest BCUT2D eigenvalue weighted by molar-refractivity contribution is 7.99. The van der Waals surface area contributed by atoms with E-state index >= 15 is 0 Å². The highest BCUT2D eigenvalue weighted by Crippen LogP contribution is 2.26. The number of nitrogens with zero attached hydrogens (tertiary/aromatic N) is 2. The Kier molecular flexibility index (Phi) is 6.02. The van der Waals surface area contributed by atoms with Gasteiger partial charge in [0.1, 0.15) is 6.04 Å². The molecule has 136 valence electrons. The zero-order chi connectivity index (χ0) is 17.8. The molecule has 0 aliphatic carbocycles. The molecule has 1 amide bonds. The van der Waals surface area contributed by atoms with E-state index in [2.05, 4.69) is 6.92 Å². The van der Waals surface area contributed by atoms with Crippen LogP contribution in [0.4, 0.5) is 0 Å². The molecule has 1 aromatic rings. The Labute approximate surface area is 153 Å². The van der Waals surface area contributed by atoms with Gasteiger partial charge in [-0.3, -0.25) is 14.5 Å². The van der Waals surface area contributed by atoms with Crippen molar-refractivity contribution in [1.82, 2.24) is 9.80 Å². The maximum atomic E-state index is 12.8. The fourth-order valence-corrected chi connectivity index (χ4v) is 4.51. The molecule has 3 rings (SSSR count). The van der Waals surface area contributed by atoms with Crippen LogP contribution in [0.25, 0.3) is 0 Å². The van der Waals surface area contributed by atoms with Crippen LogP contribution in [0.5, 0.6) is 0 Å². The summed E-state index contributed by atoms with van der Waals surface area (Å²) in [5.41, 5.74) is 1.31. The van der Waals surface area contributed by atoms with Crippen LogP contribution in [0, 0.1) is 5.92 Å². The highest BCUT2D eigenvalue weighted by Gasteiger charge is 2.29. The Morgan fingerprint density at radius 2 is 1.84 bits per heavy atom. The molecule has 5 nitrogen and oxygen atoms in total. The Bertz CT molecular complexity index is 623. The number of likely N-dealkylation sites (tertiary alicyclic amines) is 1. The lowest BCUT2D eigenvalue weighted by Crippen LogP contribution is -2.40. The summed E-state index contributed by atoms with van der Waals surface area (Å²) < 4.78 is 0. The van der Waals surface area contributed by atoms with E-state index in [1.807, 2.05) is 33.7 Å². The Hall–Kier alpha value is -1.53. The molecular formula is C19H26N2O3S. The van der Waals surface area contributed by atoms with Crippen molar-refractivity contribution in [2.45, 2.75) is 25.8 Å². The van der Waals surface area contributed by atoms with Crippen molar-refractivity contribution in [2.75, 3.05) is 37.7 Å². The van der Waals surface area contributed by atoms with Gasteiger partial charge in [-0.1, -0.05) is 19.1 Å². The first kappa shape index (κ1) is 18.3. The summed E-state index contributed by atoms with van der Waals surface area (Å²) in [5.74, 6) is 1.75. The Morgan fingerprint density at radius 3 is 2.48 bits per heavy atom. The number of carbonyl (C=O) groups is 2. The molecule has 0 radical (unpaired) electrons. The van der Waals surface area contributed by atoms with Gasteiger partial charge < -0.3 is 10.0 Å². The SMILES string of the molecule is CC1CCN(C(=O)c2cccc([C@H](C(=O)O)N3CCSCC3)c2)CC1. The average Bonchev–Trinajstić information content (AvgIpc) is 2.63. The number of carbonyl (C=O) groups excluding carboxylic acids is 1. The summed E-state index contributed by atoms with van der Waals surface area (Å²) in [6, 6.07) is 6.55. The van der Waals surface area contributed by atoms with E-state index in [1.165, 1.54) is 0 Å². The van der Waals surface area contributed by atoms with Crippen LogP contribution in [0.3, 0.4) is 0 Å². The molecular weight excluding hydrogens is 336 g/mol. The van der Waals surface area contributed by atoms with Crippen LogP contribution in [0.15, 0.2) is 24.3 Å². The van der Waals surface area contributed by atoms with Crippen molar-refractivity contribution in [3.63, 3.8) is 0 Å². The molecule has 0 aromatic heterocycles. The molecule has 0 spiro atoms. The minimum atomic E-state index is -0.844. The molecule has 1 atom stereocenters. The minimum absolute atomic E-state index is 0.0205. The van der Waals surface area contributed by atoms with E-state index in [-0.39, 0.29) is 5.91 Å². The summed E-state index contributed by atoms with van der Waals surface area (Å²) in [6.07, 6.45) is 2.07. The molecule has 2 saturated heterocycles. The van der Waals surface area contributed by atoms with Crippen molar-refractivity contribution < 1.29 is 14.7 Å². The fraction of sp³-hybridized carbons (Fsp3) is 0.579. The van der Waals surface area contributed by atoms with Crippen LogP contribution in [-0.4, -0.2) is 64.5 Å². The first-order valence-electron chi connectivity index (χ1n) is 9.00. The lowest BCUT2D eigenvalue weighted by atomic mass is 9.97. The standard InChI is InChI=1S/C19H26N2O3S/c1-14-5-7-21(8-6-14)18(22)16-4-2-3-15(13-16)17(19(23)24)20-9-11-25-12-10-20/h2-4,13-14,17H,5-12H2,1H3,(H,23,24)/t17-/m1/s1. The molecule has 2 fully saturated rings. The second kappa shape index (κ2) is 8.23. The molecule has 1 N–H and O–H groups in total. The van der Waals surface area contributed by atoms with Gasteiger partial charge in [-0.2, -0.15) is 11.8 Å². The van der Waals surface area contributed by atoms with E-state index in [9.17, 15) is 14.7 Å². The number of rotatable bonds is 4. The van der Waals surface area contributed by atoms with Gasteiger partial charge in [0.05, 0.1) is 0 Å². The smallest absolute Gasteiger partial charge is 0.325 e. The highest BCUT2D eigenvalue weighted by atomic mass is 32.2. The molecule has 2 aliphatic rings. The first-order chi connectivity index (χ1) is 12.1. The van der Waals surface area contributed by atoms with Crippen molar-refractivity contribution in [1.29, 1.82) is 0 Å². The molecule has 1 aromatic carbocycles. The van der Waals surface area contributed by atoms with Crippen LogP contribution in [0.1, 0.15) is 41.7 Å². The number of piperidine rings is 1. The Morgan fingerprint density at radius 1 is 1.16 bits per heavy atom. The second-order valence-electron chi connectivity index (χ2n) is 6.99. The molecule has 25 heavy (non-hydrogen) atoms. The first-order valence-corrected chi connectivity index (χ1v) is 10.2. The third-order valence-corrected chi connectivity index (χ3v) is 6.11. The lowest BCUT2D eigenvalue weighted by Gasteiger charge is -2.32. The zero-order valence-corrected chi connectivity index (χ0v) is 15.5. The topological polar surface area (TPSA) is 60.9 Å². The van der Waals surface area contributed by atoms with Crippen molar-refractivity contribution in [3.05, 3.63) is 35.4 Å². The van der Waals surface area contributed by atoms with Gasteiger partial charge >= 0.3 is 5.97 Å². The maximum absolute atomic E-state index is 12.8. The van der Waals surface area contributed by atoms with Gasteiger partial charge in [-0.05, 0) is 36.5 Å². The minimum Gasteiger partial charge on any atom is -0.480 e. The van der Waals surface area contributed by atoms with Gasteiger partial charge in [0.2, 0.25) is 0 Å². The second-order valence-corrected chi connectivity index (χ2v) is 8.21. The average molecular weight is 362 g/mol. The molecule has 0 unspecified atom stereocenters. The molecule has 2 aliphatic heterocycles. The van der Waals surface area contributed by atoms with Gasteiger partial charge in [0, 0.05) is 43.2 Å². The predicted octanol–water partition coefficient (Wildman–Crippen LogP) is 2.73. The Balaban J connectivity index is 1.79. The van der Waals surface area contributed by atoms with Crippen molar-refractivity contribution in [3.8, 4) is 0 Å². The van der Waals surface area contributed by atoms with Gasteiger partial charge in [0.15, 0.2) is 0 Å². The summed E-state index contributed by atoms with van der Waals surface area (Å²) >= 11 is 1.85. The molecule has 2 heterocycles. The monoisotopic (exact) mass is 362 g/mol. The quantitative estimate of drug-likeness (QED) is 0.892. The molecule has 6 heteroatoms. The number of carboxylic acids is 1. The van der Waals surface area contributed by atoms with E-state index < -0.39 is 12.0 Å². The van der Waals surface area contributed by atoms with Crippen LogP contribution >= 0.6 is 11.8 Å². The number of amides is 1. The maximum Gasteiger partial charge on any atom is 0.325 e.